The van der Waals surface area contributed by atoms with Crippen molar-refractivity contribution < 1.29 is 5.11 Å². The molecule has 1 aromatic carbocycles. The molecule has 1 nitrogen and oxygen atoms in total. The summed E-state index contributed by atoms with van der Waals surface area (Å²) in [5, 5.41) is 8.63. The summed E-state index contributed by atoms with van der Waals surface area (Å²) in [5.41, 5.74) is 0. The summed E-state index contributed by atoms with van der Waals surface area (Å²) in [5.74, 6) is 2.92. The molecule has 0 radical (unpaired) electrons. The Bertz CT molecular complexity index is 183. The van der Waals surface area contributed by atoms with Gasteiger partial charge in [-0.05, 0) is 30.1 Å². The standard InChI is InChI=1S/C6H6O.C5H12S/c7-6-4-2-1-3-5-6;1-3-5-6-4-2/h1-5,7H;3-5H2,1-2H3. The molecule has 1 rings (SSSR count). The number of thioether (sulfide) groups is 1. The molecule has 1 aromatic rings. The topological polar surface area (TPSA) is 20.2 Å². The number of para-hydroxylation sites is 1. The third-order valence-electron chi connectivity index (χ3n) is 1.31. The Morgan fingerprint density at radius 2 is 1.77 bits per heavy atom. The van der Waals surface area contributed by atoms with Crippen LogP contribution in [0, 0.1) is 0 Å². The number of hydrogen-bond acceptors (Lipinski definition) is 2. The van der Waals surface area contributed by atoms with Crippen molar-refractivity contribution >= 4 is 11.8 Å². The number of phenols is 1. The molecule has 0 saturated carbocycles. The molecule has 0 aromatic heterocycles. The lowest BCUT2D eigenvalue weighted by atomic mass is 10.3. The second kappa shape index (κ2) is 9.46. The highest BCUT2D eigenvalue weighted by Gasteiger charge is 1.75. The molecule has 74 valence electrons. The zero-order chi connectivity index (χ0) is 9.94. The normalized spacial score (nSPS) is 8.77. The summed E-state index contributed by atoms with van der Waals surface area (Å²) in [7, 11) is 0. The van der Waals surface area contributed by atoms with Crippen molar-refractivity contribution in [1.29, 1.82) is 0 Å². The highest BCUT2D eigenvalue weighted by molar-refractivity contribution is 7.99. The molecule has 0 aliphatic carbocycles. The Balaban J connectivity index is 0.000000226. The lowest BCUT2D eigenvalue weighted by molar-refractivity contribution is 0.475. The minimum absolute atomic E-state index is 0.322. The van der Waals surface area contributed by atoms with Gasteiger partial charge in [-0.3, -0.25) is 0 Å². The van der Waals surface area contributed by atoms with Crippen molar-refractivity contribution in [2.75, 3.05) is 11.5 Å². The molecule has 0 aliphatic heterocycles. The number of rotatable bonds is 3. The number of hydrogen-bond donors (Lipinski definition) is 1. The van der Waals surface area contributed by atoms with E-state index in [1.807, 2.05) is 17.8 Å². The Kier molecular flexibility index (Phi) is 9.00. The van der Waals surface area contributed by atoms with Gasteiger partial charge in [0, 0.05) is 0 Å². The van der Waals surface area contributed by atoms with Gasteiger partial charge in [-0.25, -0.2) is 0 Å². The van der Waals surface area contributed by atoms with E-state index in [1.54, 1.807) is 24.3 Å². The van der Waals surface area contributed by atoms with Crippen LogP contribution in [0.25, 0.3) is 0 Å². The van der Waals surface area contributed by atoms with Gasteiger partial charge in [-0.15, -0.1) is 0 Å². The van der Waals surface area contributed by atoms with E-state index in [1.165, 1.54) is 17.9 Å². The average Bonchev–Trinajstić information content (AvgIpc) is 2.17. The fourth-order valence-electron chi connectivity index (χ4n) is 0.717. The van der Waals surface area contributed by atoms with Crippen LogP contribution in [0.1, 0.15) is 20.3 Å². The van der Waals surface area contributed by atoms with Crippen molar-refractivity contribution in [2.24, 2.45) is 0 Å². The quantitative estimate of drug-likeness (QED) is 0.750. The van der Waals surface area contributed by atoms with E-state index >= 15 is 0 Å². The van der Waals surface area contributed by atoms with Gasteiger partial charge >= 0.3 is 0 Å². The Hall–Kier alpha value is -0.630. The van der Waals surface area contributed by atoms with Crippen LogP contribution >= 0.6 is 11.8 Å². The second-order valence-corrected chi connectivity index (χ2v) is 3.93. The first-order valence-corrected chi connectivity index (χ1v) is 5.78. The molecule has 0 aliphatic rings. The molecule has 0 saturated heterocycles. The van der Waals surface area contributed by atoms with Gasteiger partial charge < -0.3 is 5.11 Å². The molecule has 0 spiro atoms. The van der Waals surface area contributed by atoms with Crippen LogP contribution in [0.15, 0.2) is 30.3 Å². The van der Waals surface area contributed by atoms with E-state index in [0.717, 1.165) is 0 Å². The predicted molar refractivity (Wildman–Crippen MR) is 61.4 cm³/mol. The van der Waals surface area contributed by atoms with Crippen LogP contribution in [0.4, 0.5) is 0 Å². The van der Waals surface area contributed by atoms with Crippen molar-refractivity contribution in [2.45, 2.75) is 20.3 Å². The third kappa shape index (κ3) is 9.28. The van der Waals surface area contributed by atoms with Gasteiger partial charge in [0.2, 0.25) is 0 Å². The lowest BCUT2D eigenvalue weighted by Gasteiger charge is -1.87. The Morgan fingerprint density at radius 1 is 1.15 bits per heavy atom. The smallest absolute Gasteiger partial charge is 0.115 e. The van der Waals surface area contributed by atoms with Crippen LogP contribution in [0.3, 0.4) is 0 Å². The molecule has 0 bridgehead atoms. The highest BCUT2D eigenvalue weighted by atomic mass is 32.2. The van der Waals surface area contributed by atoms with Gasteiger partial charge in [0.05, 0.1) is 0 Å². The van der Waals surface area contributed by atoms with Crippen molar-refractivity contribution in [1.82, 2.24) is 0 Å². The molecular formula is C11H18OS. The van der Waals surface area contributed by atoms with E-state index < -0.39 is 0 Å². The van der Waals surface area contributed by atoms with Crippen LogP contribution in [0.2, 0.25) is 0 Å². The average molecular weight is 198 g/mol. The summed E-state index contributed by atoms with van der Waals surface area (Å²) in [6.45, 7) is 4.41. The Morgan fingerprint density at radius 3 is 2.00 bits per heavy atom. The van der Waals surface area contributed by atoms with Crippen molar-refractivity contribution in [3.05, 3.63) is 30.3 Å². The maximum atomic E-state index is 8.63. The van der Waals surface area contributed by atoms with Gasteiger partial charge in [-0.2, -0.15) is 11.8 Å². The monoisotopic (exact) mass is 198 g/mol. The van der Waals surface area contributed by atoms with Crippen LogP contribution in [-0.4, -0.2) is 16.6 Å². The molecule has 0 heterocycles. The predicted octanol–water partition coefficient (Wildman–Crippen LogP) is 3.54. The fraction of sp³-hybridized carbons (Fsp3) is 0.455. The first kappa shape index (κ1) is 12.4. The minimum Gasteiger partial charge on any atom is -0.508 e. The fourth-order valence-corrected chi connectivity index (χ4v) is 1.29. The highest BCUT2D eigenvalue weighted by Crippen LogP contribution is 2.02. The van der Waals surface area contributed by atoms with E-state index in [4.69, 9.17) is 5.11 Å². The maximum Gasteiger partial charge on any atom is 0.115 e. The Labute approximate surface area is 85.2 Å². The molecule has 2 heteroatoms. The summed E-state index contributed by atoms with van der Waals surface area (Å²) in [6, 6.07) is 8.71. The molecule has 0 fully saturated rings. The van der Waals surface area contributed by atoms with E-state index in [9.17, 15) is 0 Å². The molecule has 0 amide bonds. The first-order valence-electron chi connectivity index (χ1n) is 4.63. The number of phenolic OH excluding ortho intramolecular Hbond substituents is 1. The van der Waals surface area contributed by atoms with Crippen LogP contribution in [0.5, 0.6) is 5.75 Å². The van der Waals surface area contributed by atoms with Crippen LogP contribution < -0.4 is 0 Å². The summed E-state index contributed by atoms with van der Waals surface area (Å²) in [4.78, 5) is 0. The molecule has 0 unspecified atom stereocenters. The van der Waals surface area contributed by atoms with E-state index in [0.29, 0.717) is 5.75 Å². The van der Waals surface area contributed by atoms with Crippen LogP contribution in [-0.2, 0) is 0 Å². The molecule has 13 heavy (non-hydrogen) atoms. The third-order valence-corrected chi connectivity index (χ3v) is 2.41. The summed E-state index contributed by atoms with van der Waals surface area (Å²) < 4.78 is 0. The summed E-state index contributed by atoms with van der Waals surface area (Å²) >= 11 is 2.01. The molecular weight excluding hydrogens is 180 g/mol. The maximum absolute atomic E-state index is 8.63. The zero-order valence-corrected chi connectivity index (χ0v) is 9.18. The van der Waals surface area contributed by atoms with E-state index in [2.05, 4.69) is 13.8 Å². The number of aromatic hydroxyl groups is 1. The van der Waals surface area contributed by atoms with Gasteiger partial charge in [-0.1, -0.05) is 32.0 Å². The summed E-state index contributed by atoms with van der Waals surface area (Å²) in [6.07, 6.45) is 1.32. The number of benzene rings is 1. The molecule has 0 atom stereocenters. The molecule has 1 N–H and O–H groups in total. The first-order chi connectivity index (χ1) is 6.31. The minimum atomic E-state index is 0.322. The lowest BCUT2D eigenvalue weighted by Crippen LogP contribution is -1.71. The van der Waals surface area contributed by atoms with Gasteiger partial charge in [0.1, 0.15) is 5.75 Å². The van der Waals surface area contributed by atoms with Crippen molar-refractivity contribution in [3.8, 4) is 5.75 Å². The zero-order valence-electron chi connectivity index (χ0n) is 8.36. The van der Waals surface area contributed by atoms with Gasteiger partial charge in [0.25, 0.3) is 0 Å². The SMILES string of the molecule is CCCSCC.Oc1ccccc1. The largest absolute Gasteiger partial charge is 0.508 e. The van der Waals surface area contributed by atoms with E-state index in [-0.39, 0.29) is 0 Å². The second-order valence-electron chi connectivity index (χ2n) is 2.53. The van der Waals surface area contributed by atoms with Gasteiger partial charge in [0.15, 0.2) is 0 Å². The van der Waals surface area contributed by atoms with Crippen molar-refractivity contribution in [3.63, 3.8) is 0 Å².